The Labute approximate surface area is 190 Å². The second-order valence-electron chi connectivity index (χ2n) is 8.37. The molecule has 2 aromatic heterocycles. The van der Waals surface area contributed by atoms with E-state index in [-0.39, 0.29) is 39.8 Å². The smallest absolute Gasteiger partial charge is 0.256 e. The molecule has 0 fully saturated rings. The van der Waals surface area contributed by atoms with Crippen LogP contribution < -0.4 is 21.5 Å². The lowest BCUT2D eigenvalue weighted by molar-refractivity contribution is 0.304. The van der Waals surface area contributed by atoms with E-state index in [1.807, 2.05) is 20.8 Å². The predicted molar refractivity (Wildman–Crippen MR) is 125 cm³/mol. The third kappa shape index (κ3) is 4.19. The van der Waals surface area contributed by atoms with Crippen molar-refractivity contribution in [2.24, 2.45) is 5.41 Å². The van der Waals surface area contributed by atoms with Gasteiger partial charge in [0.05, 0.1) is 18.0 Å². The standard InChI is InChI=1S/C21H27N3O6S2/c1-6-24(7-2)32(28,29)20-16(25)12(11-31-20)22-14-15(18(27)17(14)26)23-19(21(3,4)5)13-9-8-10-30-13/h8-11,19,22-23,25H,6-7H2,1-5H3/t19-/m0/s1. The van der Waals surface area contributed by atoms with Gasteiger partial charge in [0.15, 0.2) is 9.96 Å². The maximum Gasteiger partial charge on any atom is 0.256 e. The van der Waals surface area contributed by atoms with Crippen LogP contribution in [0.25, 0.3) is 0 Å². The average Bonchev–Trinajstić information content (AvgIpc) is 3.37. The molecule has 3 aromatic rings. The van der Waals surface area contributed by atoms with Crippen molar-refractivity contribution >= 4 is 38.4 Å². The molecule has 0 aliphatic rings. The van der Waals surface area contributed by atoms with Crippen LogP contribution in [0.3, 0.4) is 0 Å². The highest BCUT2D eigenvalue weighted by atomic mass is 32.2. The summed E-state index contributed by atoms with van der Waals surface area (Å²) >= 11 is 0.842. The van der Waals surface area contributed by atoms with Gasteiger partial charge in [0.25, 0.3) is 20.9 Å². The lowest BCUT2D eigenvalue weighted by atomic mass is 9.85. The molecule has 9 nitrogen and oxygen atoms in total. The molecule has 0 bridgehead atoms. The van der Waals surface area contributed by atoms with Gasteiger partial charge in [-0.2, -0.15) is 4.31 Å². The van der Waals surface area contributed by atoms with Crippen LogP contribution in [0.4, 0.5) is 17.1 Å². The van der Waals surface area contributed by atoms with Gasteiger partial charge in [0.2, 0.25) is 0 Å². The molecule has 174 valence electrons. The number of furan rings is 1. The van der Waals surface area contributed by atoms with Crippen molar-refractivity contribution in [1.82, 2.24) is 4.31 Å². The molecule has 3 N–H and O–H groups in total. The van der Waals surface area contributed by atoms with Crippen LogP contribution in [0.15, 0.2) is 42.0 Å². The molecule has 0 saturated carbocycles. The van der Waals surface area contributed by atoms with Crippen LogP contribution in [-0.4, -0.2) is 30.9 Å². The molecule has 0 spiro atoms. The van der Waals surface area contributed by atoms with Crippen molar-refractivity contribution in [3.8, 4) is 5.75 Å². The van der Waals surface area contributed by atoms with Crippen molar-refractivity contribution in [1.29, 1.82) is 0 Å². The number of anilines is 3. The highest BCUT2D eigenvalue weighted by Crippen LogP contribution is 2.42. The predicted octanol–water partition coefficient (Wildman–Crippen LogP) is 3.62. The Hall–Kier alpha value is -2.63. The van der Waals surface area contributed by atoms with Crippen molar-refractivity contribution in [3.05, 3.63) is 50.0 Å². The largest absolute Gasteiger partial charge is 0.504 e. The van der Waals surface area contributed by atoms with E-state index >= 15 is 0 Å². The van der Waals surface area contributed by atoms with Crippen LogP contribution in [-0.2, 0) is 10.0 Å². The summed E-state index contributed by atoms with van der Waals surface area (Å²) in [6, 6.07) is 3.10. The fourth-order valence-electron chi connectivity index (χ4n) is 3.38. The van der Waals surface area contributed by atoms with Crippen LogP contribution in [0.2, 0.25) is 0 Å². The van der Waals surface area contributed by atoms with E-state index in [4.69, 9.17) is 4.42 Å². The van der Waals surface area contributed by atoms with Crippen LogP contribution in [0.5, 0.6) is 5.75 Å². The average molecular weight is 482 g/mol. The van der Waals surface area contributed by atoms with Gasteiger partial charge in [-0.05, 0) is 17.5 Å². The zero-order valence-corrected chi connectivity index (χ0v) is 20.2. The minimum absolute atomic E-state index is 0.0318. The summed E-state index contributed by atoms with van der Waals surface area (Å²) in [4.78, 5) is 24.6. The second kappa shape index (κ2) is 8.72. The number of thiophene rings is 1. The quantitative estimate of drug-likeness (QED) is 0.395. The van der Waals surface area contributed by atoms with E-state index in [1.165, 1.54) is 15.9 Å². The first-order valence-electron chi connectivity index (χ1n) is 10.1. The summed E-state index contributed by atoms with van der Waals surface area (Å²) in [6.07, 6.45) is 1.53. The molecular weight excluding hydrogens is 454 g/mol. The van der Waals surface area contributed by atoms with Crippen molar-refractivity contribution in [2.45, 2.75) is 44.9 Å². The Balaban J connectivity index is 1.93. The van der Waals surface area contributed by atoms with Crippen molar-refractivity contribution in [3.63, 3.8) is 0 Å². The molecule has 0 aliphatic carbocycles. The lowest BCUT2D eigenvalue weighted by Crippen LogP contribution is -2.39. The van der Waals surface area contributed by atoms with Gasteiger partial charge in [0, 0.05) is 18.5 Å². The van der Waals surface area contributed by atoms with E-state index in [2.05, 4.69) is 10.6 Å². The Morgan fingerprint density at radius 3 is 2.31 bits per heavy atom. The van der Waals surface area contributed by atoms with Gasteiger partial charge >= 0.3 is 0 Å². The zero-order valence-electron chi connectivity index (χ0n) is 18.6. The SMILES string of the molecule is CCN(CC)S(=O)(=O)c1scc(Nc2c(N[C@@H](c3ccco3)C(C)(C)C)c(=O)c2=O)c1O. The van der Waals surface area contributed by atoms with Crippen molar-refractivity contribution < 1.29 is 17.9 Å². The van der Waals surface area contributed by atoms with Gasteiger partial charge < -0.3 is 20.2 Å². The molecule has 0 aliphatic heterocycles. The molecule has 0 saturated heterocycles. The number of hydrogen-bond donors (Lipinski definition) is 3. The monoisotopic (exact) mass is 481 g/mol. The number of nitrogens with zero attached hydrogens (tertiary/aromatic N) is 1. The highest BCUT2D eigenvalue weighted by Gasteiger charge is 2.34. The van der Waals surface area contributed by atoms with E-state index in [1.54, 1.807) is 26.0 Å². The lowest BCUT2D eigenvalue weighted by Gasteiger charge is -2.31. The second-order valence-corrected chi connectivity index (χ2v) is 11.4. The normalized spacial score (nSPS) is 13.6. The first kappa shape index (κ1) is 24.0. The summed E-state index contributed by atoms with van der Waals surface area (Å²) < 4.78 is 32.0. The first-order valence-corrected chi connectivity index (χ1v) is 12.5. The van der Waals surface area contributed by atoms with E-state index in [0.29, 0.717) is 5.76 Å². The maximum atomic E-state index is 12.8. The Morgan fingerprint density at radius 1 is 1.16 bits per heavy atom. The van der Waals surface area contributed by atoms with E-state index in [9.17, 15) is 23.1 Å². The molecule has 1 atom stereocenters. The van der Waals surface area contributed by atoms with Gasteiger partial charge in [-0.1, -0.05) is 34.6 Å². The molecule has 1 aromatic carbocycles. The number of rotatable bonds is 9. The number of sulfonamides is 1. The fourth-order valence-corrected chi connectivity index (χ4v) is 6.22. The molecule has 0 radical (unpaired) electrons. The van der Waals surface area contributed by atoms with E-state index < -0.39 is 32.7 Å². The summed E-state index contributed by atoms with van der Waals surface area (Å²) in [5, 5.41) is 17.8. The van der Waals surface area contributed by atoms with Gasteiger partial charge in [-0.15, -0.1) is 11.3 Å². The first-order chi connectivity index (χ1) is 14.9. The summed E-state index contributed by atoms with van der Waals surface area (Å²) in [5.74, 6) is 0.113. The Bertz CT molecular complexity index is 1260. The minimum atomic E-state index is -3.88. The minimum Gasteiger partial charge on any atom is -0.504 e. The van der Waals surface area contributed by atoms with Gasteiger partial charge in [0.1, 0.15) is 17.1 Å². The molecule has 2 heterocycles. The Morgan fingerprint density at radius 2 is 1.78 bits per heavy atom. The van der Waals surface area contributed by atoms with Crippen molar-refractivity contribution in [2.75, 3.05) is 23.7 Å². The Kier molecular flexibility index (Phi) is 6.55. The molecule has 3 rings (SSSR count). The number of hydrogen-bond acceptors (Lipinski definition) is 9. The highest BCUT2D eigenvalue weighted by molar-refractivity contribution is 7.91. The summed E-state index contributed by atoms with van der Waals surface area (Å²) in [7, 11) is -3.88. The van der Waals surface area contributed by atoms with Crippen LogP contribution >= 0.6 is 11.3 Å². The number of aromatic hydroxyl groups is 1. The molecule has 0 unspecified atom stereocenters. The van der Waals surface area contributed by atoms with Crippen LogP contribution in [0, 0.1) is 5.41 Å². The van der Waals surface area contributed by atoms with Crippen LogP contribution in [0.1, 0.15) is 46.4 Å². The molecular formula is C21H27N3O6S2. The third-order valence-corrected chi connectivity index (χ3v) is 8.70. The topological polar surface area (TPSA) is 129 Å². The molecule has 32 heavy (non-hydrogen) atoms. The fraction of sp³-hybridized carbons (Fsp3) is 0.429. The van der Waals surface area contributed by atoms with Gasteiger partial charge in [-0.25, -0.2) is 8.42 Å². The molecule has 11 heteroatoms. The van der Waals surface area contributed by atoms with E-state index in [0.717, 1.165) is 11.3 Å². The molecule has 0 amide bonds. The zero-order chi connectivity index (χ0) is 23.8. The summed E-state index contributed by atoms with van der Waals surface area (Å²) in [6.45, 7) is 9.80. The third-order valence-electron chi connectivity index (χ3n) is 5.16. The maximum absolute atomic E-state index is 12.8. The van der Waals surface area contributed by atoms with Gasteiger partial charge in [-0.3, -0.25) is 9.59 Å². The summed E-state index contributed by atoms with van der Waals surface area (Å²) in [5.41, 5.74) is -1.73. The number of nitrogens with one attached hydrogen (secondary N) is 2.